The normalized spacial score (nSPS) is 12.7. The van der Waals surface area contributed by atoms with Crippen molar-refractivity contribution in [3.05, 3.63) is 73.2 Å². The molecule has 0 saturated carbocycles. The molecule has 2 aromatic carbocycles. The zero-order chi connectivity index (χ0) is 21.8. The average molecular weight is 445 g/mol. The van der Waals surface area contributed by atoms with Gasteiger partial charge >= 0.3 is 12.0 Å². The van der Waals surface area contributed by atoms with Gasteiger partial charge in [0, 0.05) is 25.0 Å². The summed E-state index contributed by atoms with van der Waals surface area (Å²) in [4.78, 5) is 28.3. The molecule has 4 aromatic rings. The molecule has 5 rings (SSSR count). The lowest BCUT2D eigenvalue weighted by atomic mass is 10.2. The van der Waals surface area contributed by atoms with Crippen LogP contribution in [0.2, 0.25) is 0 Å². The van der Waals surface area contributed by atoms with Crippen molar-refractivity contribution in [2.75, 3.05) is 28.6 Å². The third kappa shape index (κ3) is 4.68. The van der Waals surface area contributed by atoms with Gasteiger partial charge in [-0.05, 0) is 48.4 Å². The third-order valence-corrected chi connectivity index (χ3v) is 5.99. The summed E-state index contributed by atoms with van der Waals surface area (Å²) in [7, 11) is 0. The number of para-hydroxylation sites is 1. The van der Waals surface area contributed by atoms with Crippen LogP contribution in [0.15, 0.2) is 73.2 Å². The van der Waals surface area contributed by atoms with Crippen molar-refractivity contribution >= 4 is 33.9 Å². The molecule has 1 saturated heterocycles. The van der Waals surface area contributed by atoms with Crippen LogP contribution in [0.1, 0.15) is 6.42 Å². The molecule has 1 aliphatic heterocycles. The van der Waals surface area contributed by atoms with Gasteiger partial charge in [0.2, 0.25) is 0 Å². The van der Waals surface area contributed by atoms with Crippen LogP contribution in [0.5, 0.6) is 11.8 Å². The first-order valence-corrected chi connectivity index (χ1v) is 11.0. The number of carbonyl (C=O) groups is 1. The Morgan fingerprint density at radius 3 is 2.28 bits per heavy atom. The minimum Gasteiger partial charge on any atom is -0.424 e. The standard InChI is InChI=1S/C23H20N6O2S/c30-21(27-17-5-2-1-3-6-17)28-18-13-24-22(25-14-18)31-19-9-7-16(8-10-19)20-15-26-23(32-20)29-11-4-12-29/h1-3,5-10,13-15H,4,11-12H2,(H2,27,28,30). The number of thiazole rings is 1. The summed E-state index contributed by atoms with van der Waals surface area (Å²) >= 11 is 1.70. The average Bonchev–Trinajstić information content (AvgIpc) is 3.24. The zero-order valence-electron chi connectivity index (χ0n) is 17.1. The van der Waals surface area contributed by atoms with Gasteiger partial charge in [0.1, 0.15) is 5.75 Å². The Balaban J connectivity index is 1.17. The molecule has 0 atom stereocenters. The fraction of sp³-hybridized carbons (Fsp3) is 0.130. The Labute approximate surface area is 188 Å². The summed E-state index contributed by atoms with van der Waals surface area (Å²) in [5.74, 6) is 0.628. The molecule has 2 N–H and O–H groups in total. The number of rotatable bonds is 6. The van der Waals surface area contributed by atoms with Crippen LogP contribution < -0.4 is 20.3 Å². The summed E-state index contributed by atoms with van der Waals surface area (Å²) < 4.78 is 5.72. The van der Waals surface area contributed by atoms with Crippen molar-refractivity contribution in [2.24, 2.45) is 0 Å². The van der Waals surface area contributed by atoms with E-state index in [4.69, 9.17) is 4.74 Å². The molecular weight excluding hydrogens is 424 g/mol. The molecule has 1 aliphatic rings. The van der Waals surface area contributed by atoms with E-state index >= 15 is 0 Å². The number of hydrogen-bond donors (Lipinski definition) is 2. The fourth-order valence-corrected chi connectivity index (χ4v) is 4.07. The molecule has 0 bridgehead atoms. The van der Waals surface area contributed by atoms with E-state index in [0.29, 0.717) is 17.1 Å². The van der Waals surface area contributed by atoms with Crippen molar-refractivity contribution in [3.8, 4) is 22.2 Å². The van der Waals surface area contributed by atoms with Crippen molar-refractivity contribution in [1.29, 1.82) is 0 Å². The number of nitrogens with one attached hydrogen (secondary N) is 2. The molecule has 0 aliphatic carbocycles. The predicted molar refractivity (Wildman–Crippen MR) is 126 cm³/mol. The maximum absolute atomic E-state index is 12.1. The quantitative estimate of drug-likeness (QED) is 0.422. The summed E-state index contributed by atoms with van der Waals surface area (Å²) in [6.07, 6.45) is 6.14. The van der Waals surface area contributed by atoms with Gasteiger partial charge in [0.05, 0.1) is 23.0 Å². The van der Waals surface area contributed by atoms with Gasteiger partial charge in [0.25, 0.3) is 0 Å². The first-order valence-electron chi connectivity index (χ1n) is 10.2. The fourth-order valence-electron chi connectivity index (χ4n) is 3.09. The Bertz CT molecular complexity index is 1190. The molecule has 2 aromatic heterocycles. The zero-order valence-corrected chi connectivity index (χ0v) is 17.9. The number of urea groups is 1. The minimum atomic E-state index is -0.371. The molecule has 1 fully saturated rings. The number of hydrogen-bond acceptors (Lipinski definition) is 7. The van der Waals surface area contributed by atoms with Crippen molar-refractivity contribution in [2.45, 2.75) is 6.42 Å². The summed E-state index contributed by atoms with van der Waals surface area (Å²) in [6.45, 7) is 2.18. The van der Waals surface area contributed by atoms with Gasteiger partial charge in [-0.3, -0.25) is 0 Å². The summed E-state index contributed by atoms with van der Waals surface area (Å²) in [6, 6.07) is 16.7. The van der Waals surface area contributed by atoms with Crippen LogP contribution in [0.3, 0.4) is 0 Å². The third-order valence-electron chi connectivity index (χ3n) is 4.89. The SMILES string of the molecule is O=C(Nc1ccccc1)Nc1cnc(Oc2ccc(-c3cnc(N4CCC4)s3)cc2)nc1. The number of benzene rings is 2. The van der Waals surface area contributed by atoms with Crippen LogP contribution in [0.25, 0.3) is 10.4 Å². The van der Waals surface area contributed by atoms with Crippen LogP contribution in [-0.4, -0.2) is 34.1 Å². The molecule has 0 spiro atoms. The predicted octanol–water partition coefficient (Wildman–Crippen LogP) is 5.25. The monoisotopic (exact) mass is 444 g/mol. The number of anilines is 3. The highest BCUT2D eigenvalue weighted by molar-refractivity contribution is 7.18. The van der Waals surface area contributed by atoms with E-state index in [-0.39, 0.29) is 12.0 Å². The largest absolute Gasteiger partial charge is 0.424 e. The maximum Gasteiger partial charge on any atom is 0.323 e. The van der Waals surface area contributed by atoms with Crippen LogP contribution >= 0.6 is 11.3 Å². The minimum absolute atomic E-state index is 0.199. The van der Waals surface area contributed by atoms with Crippen LogP contribution in [-0.2, 0) is 0 Å². The van der Waals surface area contributed by atoms with Gasteiger partial charge in [-0.15, -0.1) is 0 Å². The van der Waals surface area contributed by atoms with Gasteiger partial charge < -0.3 is 20.3 Å². The lowest BCUT2D eigenvalue weighted by Crippen LogP contribution is -2.36. The van der Waals surface area contributed by atoms with Gasteiger partial charge in [0.15, 0.2) is 5.13 Å². The maximum atomic E-state index is 12.1. The molecule has 9 heteroatoms. The number of amides is 2. The van der Waals surface area contributed by atoms with E-state index in [9.17, 15) is 4.79 Å². The van der Waals surface area contributed by atoms with Gasteiger partial charge in [-0.2, -0.15) is 0 Å². The Morgan fingerprint density at radius 1 is 0.875 bits per heavy atom. The number of ether oxygens (including phenoxy) is 1. The second-order valence-electron chi connectivity index (χ2n) is 7.17. The molecule has 0 unspecified atom stereocenters. The lowest BCUT2D eigenvalue weighted by molar-refractivity contribution is 0.262. The van der Waals surface area contributed by atoms with Crippen molar-refractivity contribution in [3.63, 3.8) is 0 Å². The smallest absolute Gasteiger partial charge is 0.323 e. The summed E-state index contributed by atoms with van der Waals surface area (Å²) in [5.41, 5.74) is 2.25. The topological polar surface area (TPSA) is 92.3 Å². The van der Waals surface area contributed by atoms with E-state index in [1.165, 1.54) is 18.8 Å². The van der Waals surface area contributed by atoms with E-state index in [0.717, 1.165) is 28.7 Å². The Kier molecular flexibility index (Phi) is 5.63. The highest BCUT2D eigenvalue weighted by Crippen LogP contribution is 2.34. The van der Waals surface area contributed by atoms with Gasteiger partial charge in [-0.25, -0.2) is 19.7 Å². The molecule has 160 valence electrons. The lowest BCUT2D eigenvalue weighted by Gasteiger charge is -2.30. The first kappa shape index (κ1) is 20.0. The molecule has 3 heterocycles. The van der Waals surface area contributed by atoms with Gasteiger partial charge in [-0.1, -0.05) is 29.5 Å². The van der Waals surface area contributed by atoms with Crippen molar-refractivity contribution < 1.29 is 9.53 Å². The van der Waals surface area contributed by atoms with E-state index in [1.807, 2.05) is 48.7 Å². The number of aromatic nitrogens is 3. The molecule has 8 nitrogen and oxygen atoms in total. The van der Waals surface area contributed by atoms with E-state index < -0.39 is 0 Å². The Morgan fingerprint density at radius 2 is 1.59 bits per heavy atom. The molecule has 32 heavy (non-hydrogen) atoms. The van der Waals surface area contributed by atoms with E-state index in [2.05, 4.69) is 30.5 Å². The molecule has 2 amide bonds. The first-order chi connectivity index (χ1) is 15.7. The highest BCUT2D eigenvalue weighted by Gasteiger charge is 2.18. The summed E-state index contributed by atoms with van der Waals surface area (Å²) in [5, 5.41) is 6.50. The van der Waals surface area contributed by atoms with Crippen molar-refractivity contribution in [1.82, 2.24) is 15.0 Å². The second kappa shape index (κ2) is 9.03. The second-order valence-corrected chi connectivity index (χ2v) is 8.18. The van der Waals surface area contributed by atoms with Crippen LogP contribution in [0, 0.1) is 0 Å². The van der Waals surface area contributed by atoms with E-state index in [1.54, 1.807) is 23.5 Å². The molecule has 0 radical (unpaired) electrons. The van der Waals surface area contributed by atoms with Crippen LogP contribution in [0.4, 0.5) is 21.3 Å². The molecular formula is C23H20N6O2S. The highest BCUT2D eigenvalue weighted by atomic mass is 32.1. The number of nitrogens with zero attached hydrogens (tertiary/aromatic N) is 4. The number of carbonyl (C=O) groups excluding carboxylic acids is 1. The Hall–Kier alpha value is -3.98.